The second kappa shape index (κ2) is 7.18. The summed E-state index contributed by atoms with van der Waals surface area (Å²) in [4.78, 5) is 37.6. The molecule has 2 amide bonds. The number of hydrogen-bond donors (Lipinski definition) is 0. The lowest BCUT2D eigenvalue weighted by molar-refractivity contribution is -0.150. The molecule has 1 fully saturated rings. The minimum Gasteiger partial charge on any atom is -0.486 e. The number of carbonyl (C=O) groups is 3. The van der Waals surface area contributed by atoms with Gasteiger partial charge >= 0.3 is 5.97 Å². The number of fused-ring (bicyclic) bond motifs is 1. The van der Waals surface area contributed by atoms with Gasteiger partial charge in [-0.25, -0.2) is 4.79 Å². The standard InChI is InChI=1S/C17H17NO6S/c1-3-22-16(20)10(2)18-15(19)14(25-17(18)21)9-11-4-5-12-13(8-11)24-7-6-23-12/h4-5,8-10H,3,6-7H2,1-2H3/b14-9-. The van der Waals surface area contributed by atoms with Crippen molar-refractivity contribution in [1.82, 2.24) is 4.90 Å². The van der Waals surface area contributed by atoms with E-state index >= 15 is 0 Å². The molecule has 1 aromatic rings. The van der Waals surface area contributed by atoms with E-state index in [0.29, 0.717) is 30.3 Å². The third-order valence-electron chi connectivity index (χ3n) is 3.70. The Bertz CT molecular complexity index is 760. The van der Waals surface area contributed by atoms with Gasteiger partial charge in [-0.05, 0) is 49.4 Å². The Morgan fingerprint density at radius 2 is 2.04 bits per heavy atom. The van der Waals surface area contributed by atoms with Crippen molar-refractivity contribution < 1.29 is 28.6 Å². The van der Waals surface area contributed by atoms with Gasteiger partial charge in [0.25, 0.3) is 11.1 Å². The topological polar surface area (TPSA) is 82.1 Å². The van der Waals surface area contributed by atoms with Gasteiger partial charge in [-0.2, -0.15) is 0 Å². The molecular weight excluding hydrogens is 346 g/mol. The molecule has 8 heteroatoms. The van der Waals surface area contributed by atoms with Gasteiger partial charge in [-0.15, -0.1) is 0 Å². The fraction of sp³-hybridized carbons (Fsp3) is 0.353. The number of thioether (sulfide) groups is 1. The van der Waals surface area contributed by atoms with Crippen LogP contribution in [0.2, 0.25) is 0 Å². The summed E-state index contributed by atoms with van der Waals surface area (Å²) in [6, 6.07) is 4.32. The third kappa shape index (κ3) is 3.48. The molecule has 0 spiro atoms. The molecule has 1 atom stereocenters. The molecule has 1 unspecified atom stereocenters. The largest absolute Gasteiger partial charge is 0.486 e. The molecule has 7 nitrogen and oxygen atoms in total. The summed E-state index contributed by atoms with van der Waals surface area (Å²) in [5.41, 5.74) is 0.707. The van der Waals surface area contributed by atoms with Gasteiger partial charge in [0.15, 0.2) is 11.5 Å². The zero-order chi connectivity index (χ0) is 18.0. The van der Waals surface area contributed by atoms with E-state index in [-0.39, 0.29) is 11.5 Å². The Labute approximate surface area is 148 Å². The highest BCUT2D eigenvalue weighted by Crippen LogP contribution is 2.36. The Hall–Kier alpha value is -2.48. The molecule has 1 aromatic carbocycles. The van der Waals surface area contributed by atoms with Crippen LogP contribution in [0, 0.1) is 0 Å². The van der Waals surface area contributed by atoms with Crippen LogP contribution in [0.4, 0.5) is 4.79 Å². The van der Waals surface area contributed by atoms with E-state index in [1.165, 1.54) is 6.92 Å². The van der Waals surface area contributed by atoms with E-state index in [9.17, 15) is 14.4 Å². The quantitative estimate of drug-likeness (QED) is 0.600. The summed E-state index contributed by atoms with van der Waals surface area (Å²) in [5, 5.41) is -0.491. The fourth-order valence-corrected chi connectivity index (χ4v) is 3.39. The Balaban J connectivity index is 1.82. The van der Waals surface area contributed by atoms with Crippen LogP contribution in [-0.4, -0.2) is 47.9 Å². The van der Waals surface area contributed by atoms with Crippen LogP contribution in [-0.2, 0) is 14.3 Å². The minimum atomic E-state index is -0.960. The Morgan fingerprint density at radius 3 is 2.76 bits per heavy atom. The van der Waals surface area contributed by atoms with Crippen molar-refractivity contribution in [2.45, 2.75) is 19.9 Å². The molecule has 2 heterocycles. The second-order valence-electron chi connectivity index (χ2n) is 5.38. The highest BCUT2D eigenvalue weighted by atomic mass is 32.2. The van der Waals surface area contributed by atoms with Gasteiger partial charge in [0.2, 0.25) is 0 Å². The first kappa shape index (κ1) is 17.3. The van der Waals surface area contributed by atoms with E-state index < -0.39 is 23.2 Å². The number of carbonyl (C=O) groups excluding carboxylic acids is 3. The summed E-state index contributed by atoms with van der Waals surface area (Å²) >= 11 is 0.797. The van der Waals surface area contributed by atoms with E-state index in [1.54, 1.807) is 31.2 Å². The van der Waals surface area contributed by atoms with Crippen molar-refractivity contribution in [1.29, 1.82) is 0 Å². The molecule has 0 aliphatic carbocycles. The van der Waals surface area contributed by atoms with Gasteiger partial charge in [-0.1, -0.05) is 6.07 Å². The maximum Gasteiger partial charge on any atom is 0.329 e. The highest BCUT2D eigenvalue weighted by molar-refractivity contribution is 8.18. The van der Waals surface area contributed by atoms with Gasteiger partial charge in [0.1, 0.15) is 19.3 Å². The lowest BCUT2D eigenvalue weighted by Gasteiger charge is -2.19. The average molecular weight is 363 g/mol. The number of rotatable bonds is 4. The average Bonchev–Trinajstić information content (AvgIpc) is 2.88. The van der Waals surface area contributed by atoms with Gasteiger partial charge in [0, 0.05) is 0 Å². The molecule has 132 valence electrons. The minimum absolute atomic E-state index is 0.187. The van der Waals surface area contributed by atoms with Crippen LogP contribution in [0.5, 0.6) is 11.5 Å². The van der Waals surface area contributed by atoms with Gasteiger partial charge < -0.3 is 14.2 Å². The number of hydrogen-bond acceptors (Lipinski definition) is 7. The summed E-state index contributed by atoms with van der Waals surface area (Å²) in [5.74, 6) is 0.127. The van der Waals surface area contributed by atoms with E-state index in [1.807, 2.05) is 0 Å². The normalized spacial score (nSPS) is 19.3. The van der Waals surface area contributed by atoms with Crippen LogP contribution in [0.25, 0.3) is 6.08 Å². The van der Waals surface area contributed by atoms with Crippen molar-refractivity contribution in [2.75, 3.05) is 19.8 Å². The van der Waals surface area contributed by atoms with Gasteiger partial charge in [-0.3, -0.25) is 14.5 Å². The molecule has 3 rings (SSSR count). The number of esters is 1. The molecule has 0 bridgehead atoms. The predicted octanol–water partition coefficient (Wildman–Crippen LogP) is 2.45. The van der Waals surface area contributed by atoms with Crippen LogP contribution in [0.3, 0.4) is 0 Å². The number of amides is 2. The first-order valence-electron chi connectivity index (χ1n) is 7.84. The van der Waals surface area contributed by atoms with E-state index in [4.69, 9.17) is 14.2 Å². The van der Waals surface area contributed by atoms with Gasteiger partial charge in [0.05, 0.1) is 11.5 Å². The van der Waals surface area contributed by atoms with Crippen molar-refractivity contribution in [3.63, 3.8) is 0 Å². The first-order valence-corrected chi connectivity index (χ1v) is 8.66. The van der Waals surface area contributed by atoms with Crippen molar-refractivity contribution in [3.8, 4) is 11.5 Å². The summed E-state index contributed by atoms with van der Waals surface area (Å²) in [6.45, 7) is 4.29. The SMILES string of the molecule is CCOC(=O)C(C)N1C(=O)S/C(=C\c2ccc3c(c2)OCCO3)C1=O. The van der Waals surface area contributed by atoms with Crippen molar-refractivity contribution >= 4 is 35.0 Å². The number of ether oxygens (including phenoxy) is 3. The summed E-state index contributed by atoms with van der Waals surface area (Å²) in [6.07, 6.45) is 1.60. The lowest BCUT2D eigenvalue weighted by atomic mass is 10.1. The van der Waals surface area contributed by atoms with Crippen LogP contribution in [0.1, 0.15) is 19.4 Å². The molecule has 0 aromatic heterocycles. The molecule has 0 saturated carbocycles. The monoisotopic (exact) mass is 363 g/mol. The molecular formula is C17H17NO6S. The second-order valence-corrected chi connectivity index (χ2v) is 6.38. The number of imide groups is 1. The third-order valence-corrected chi connectivity index (χ3v) is 4.59. The fourth-order valence-electron chi connectivity index (χ4n) is 2.48. The zero-order valence-electron chi connectivity index (χ0n) is 13.8. The van der Waals surface area contributed by atoms with Crippen LogP contribution >= 0.6 is 11.8 Å². The highest BCUT2D eigenvalue weighted by Gasteiger charge is 2.41. The number of benzene rings is 1. The molecule has 2 aliphatic heterocycles. The van der Waals surface area contributed by atoms with Crippen molar-refractivity contribution in [2.24, 2.45) is 0 Å². The van der Waals surface area contributed by atoms with E-state index in [0.717, 1.165) is 16.7 Å². The molecule has 1 saturated heterocycles. The summed E-state index contributed by atoms with van der Waals surface area (Å²) in [7, 11) is 0. The van der Waals surface area contributed by atoms with E-state index in [2.05, 4.69) is 0 Å². The Morgan fingerprint density at radius 1 is 1.32 bits per heavy atom. The maximum atomic E-state index is 12.5. The van der Waals surface area contributed by atoms with Crippen LogP contribution in [0.15, 0.2) is 23.1 Å². The first-order chi connectivity index (χ1) is 12.0. The van der Waals surface area contributed by atoms with Crippen molar-refractivity contribution in [3.05, 3.63) is 28.7 Å². The lowest BCUT2D eigenvalue weighted by Crippen LogP contribution is -2.42. The van der Waals surface area contributed by atoms with Crippen LogP contribution < -0.4 is 9.47 Å². The molecule has 25 heavy (non-hydrogen) atoms. The zero-order valence-corrected chi connectivity index (χ0v) is 14.6. The molecule has 0 radical (unpaired) electrons. The molecule has 0 N–H and O–H groups in total. The summed E-state index contributed by atoms with van der Waals surface area (Å²) < 4.78 is 15.8. The smallest absolute Gasteiger partial charge is 0.329 e. The Kier molecular flexibility index (Phi) is 4.98. The molecule has 2 aliphatic rings. The maximum absolute atomic E-state index is 12.5. The number of nitrogens with zero attached hydrogens (tertiary/aromatic N) is 1. The predicted molar refractivity (Wildman–Crippen MR) is 91.3 cm³/mol.